The lowest BCUT2D eigenvalue weighted by atomic mass is 10.1. The van der Waals surface area contributed by atoms with Crippen LogP contribution in [0, 0.1) is 6.92 Å². The molecule has 0 atom stereocenters. The Morgan fingerprint density at radius 1 is 1.17 bits per heavy atom. The first kappa shape index (κ1) is 20.8. The Hall–Kier alpha value is -2.94. The first-order valence-electron chi connectivity index (χ1n) is 8.70. The zero-order chi connectivity index (χ0) is 20.8. The third kappa shape index (κ3) is 5.11. The SMILES string of the molecule is COc1ccc(C=Nn2c(SC)nnc2C(F)F)cc1COc1ccc(C)cc1. The number of aromatic nitrogens is 3. The average Bonchev–Trinajstić information content (AvgIpc) is 3.15. The van der Waals surface area contributed by atoms with Crippen LogP contribution in [-0.4, -0.2) is 34.5 Å². The summed E-state index contributed by atoms with van der Waals surface area (Å²) >= 11 is 1.19. The fraction of sp³-hybridized carbons (Fsp3) is 0.250. The lowest BCUT2D eigenvalue weighted by Gasteiger charge is -2.11. The minimum absolute atomic E-state index is 0.285. The van der Waals surface area contributed by atoms with Gasteiger partial charge in [-0.05, 0) is 49.1 Å². The monoisotopic (exact) mass is 418 g/mol. The first-order valence-corrected chi connectivity index (χ1v) is 9.92. The summed E-state index contributed by atoms with van der Waals surface area (Å²) in [4.78, 5) is 0. The molecule has 0 aliphatic heterocycles. The predicted molar refractivity (Wildman–Crippen MR) is 108 cm³/mol. The number of halogens is 2. The molecule has 1 aromatic heterocycles. The molecule has 152 valence electrons. The molecule has 6 nitrogen and oxygen atoms in total. The number of benzene rings is 2. The molecule has 0 radical (unpaired) electrons. The van der Waals surface area contributed by atoms with Gasteiger partial charge in [0, 0.05) is 5.56 Å². The highest BCUT2D eigenvalue weighted by Gasteiger charge is 2.19. The van der Waals surface area contributed by atoms with Gasteiger partial charge in [0.05, 0.1) is 13.3 Å². The van der Waals surface area contributed by atoms with Crippen LogP contribution in [0.5, 0.6) is 11.5 Å². The summed E-state index contributed by atoms with van der Waals surface area (Å²) in [7, 11) is 1.58. The van der Waals surface area contributed by atoms with Crippen LogP contribution in [0.4, 0.5) is 8.78 Å². The van der Waals surface area contributed by atoms with Gasteiger partial charge in [-0.25, -0.2) is 8.78 Å². The Labute approximate surface area is 171 Å². The number of hydrogen-bond acceptors (Lipinski definition) is 6. The number of alkyl halides is 2. The molecule has 3 rings (SSSR count). The van der Waals surface area contributed by atoms with Crippen LogP contribution in [0.3, 0.4) is 0 Å². The molecule has 0 aliphatic rings. The van der Waals surface area contributed by atoms with E-state index in [0.29, 0.717) is 17.9 Å². The maximum Gasteiger partial charge on any atom is 0.299 e. The van der Waals surface area contributed by atoms with Crippen LogP contribution in [-0.2, 0) is 6.61 Å². The Morgan fingerprint density at radius 3 is 2.59 bits per heavy atom. The van der Waals surface area contributed by atoms with Gasteiger partial charge in [0.15, 0.2) is 0 Å². The van der Waals surface area contributed by atoms with Crippen LogP contribution in [0.2, 0.25) is 0 Å². The zero-order valence-electron chi connectivity index (χ0n) is 16.2. The van der Waals surface area contributed by atoms with E-state index < -0.39 is 12.2 Å². The largest absolute Gasteiger partial charge is 0.496 e. The standard InChI is InChI=1S/C20H20F2N4O2S/c1-13-4-7-16(8-5-13)28-12-15-10-14(6-9-17(15)27-2)11-23-26-19(18(21)22)24-25-20(26)29-3/h4-11,18H,12H2,1-3H3. The number of methoxy groups -OCH3 is 1. The molecule has 0 spiro atoms. The highest BCUT2D eigenvalue weighted by Crippen LogP contribution is 2.24. The van der Waals surface area contributed by atoms with E-state index in [1.807, 2.05) is 37.3 Å². The second-order valence-electron chi connectivity index (χ2n) is 6.07. The average molecular weight is 418 g/mol. The summed E-state index contributed by atoms with van der Waals surface area (Å²) in [5.41, 5.74) is 2.66. The molecule has 9 heteroatoms. The first-order chi connectivity index (χ1) is 14.0. The highest BCUT2D eigenvalue weighted by atomic mass is 32.2. The summed E-state index contributed by atoms with van der Waals surface area (Å²) in [6.45, 7) is 2.30. The zero-order valence-corrected chi connectivity index (χ0v) is 17.0. The van der Waals surface area contributed by atoms with Crippen LogP contribution in [0.25, 0.3) is 0 Å². The third-order valence-corrected chi connectivity index (χ3v) is 4.68. The molecular formula is C20H20F2N4O2S. The number of thioether (sulfide) groups is 1. The van der Waals surface area contributed by atoms with Gasteiger partial charge in [0.1, 0.15) is 18.1 Å². The summed E-state index contributed by atoms with van der Waals surface area (Å²) in [5.74, 6) is 0.908. The second-order valence-corrected chi connectivity index (χ2v) is 6.85. The van der Waals surface area contributed by atoms with E-state index in [-0.39, 0.29) is 5.16 Å². The fourth-order valence-electron chi connectivity index (χ4n) is 2.56. The van der Waals surface area contributed by atoms with Crippen molar-refractivity contribution in [2.24, 2.45) is 5.10 Å². The van der Waals surface area contributed by atoms with Crippen molar-refractivity contribution >= 4 is 18.0 Å². The number of hydrogen-bond donors (Lipinski definition) is 0. The molecule has 0 amide bonds. The lowest BCUT2D eigenvalue weighted by Crippen LogP contribution is -2.02. The summed E-state index contributed by atoms with van der Waals surface area (Å²) in [6.07, 6.45) is 0.429. The number of nitrogens with zero attached hydrogens (tertiary/aromatic N) is 4. The van der Waals surface area contributed by atoms with Gasteiger partial charge in [-0.2, -0.15) is 9.78 Å². The molecule has 0 bridgehead atoms. The van der Waals surface area contributed by atoms with Crippen LogP contribution < -0.4 is 9.47 Å². The predicted octanol–water partition coefficient (Wildman–Crippen LogP) is 4.72. The van der Waals surface area contributed by atoms with Gasteiger partial charge >= 0.3 is 0 Å². The number of rotatable bonds is 8. The molecule has 0 unspecified atom stereocenters. The highest BCUT2D eigenvalue weighted by molar-refractivity contribution is 7.98. The number of aryl methyl sites for hydroxylation is 1. The van der Waals surface area contributed by atoms with Gasteiger partial charge in [0.2, 0.25) is 11.0 Å². The molecule has 2 aromatic carbocycles. The van der Waals surface area contributed by atoms with Gasteiger partial charge in [0.25, 0.3) is 6.43 Å². The van der Waals surface area contributed by atoms with Crippen molar-refractivity contribution in [2.45, 2.75) is 25.1 Å². The van der Waals surface area contributed by atoms with Crippen LogP contribution in [0.15, 0.2) is 52.7 Å². The van der Waals surface area contributed by atoms with Crippen molar-refractivity contribution in [2.75, 3.05) is 13.4 Å². The van der Waals surface area contributed by atoms with Crippen LogP contribution >= 0.6 is 11.8 Å². The van der Waals surface area contributed by atoms with Crippen molar-refractivity contribution in [3.8, 4) is 11.5 Å². The molecule has 3 aromatic rings. The van der Waals surface area contributed by atoms with E-state index in [2.05, 4.69) is 15.3 Å². The van der Waals surface area contributed by atoms with Crippen molar-refractivity contribution in [3.05, 3.63) is 65.0 Å². The Kier molecular flexibility index (Phi) is 6.82. The smallest absolute Gasteiger partial charge is 0.299 e. The van der Waals surface area contributed by atoms with Gasteiger partial charge < -0.3 is 9.47 Å². The Bertz CT molecular complexity index is 991. The summed E-state index contributed by atoms with van der Waals surface area (Å²) < 4.78 is 38.5. The fourth-order valence-corrected chi connectivity index (χ4v) is 3.00. The Balaban J connectivity index is 1.82. The number of ether oxygens (including phenoxy) is 2. The Morgan fingerprint density at radius 2 is 1.93 bits per heavy atom. The molecular weight excluding hydrogens is 398 g/mol. The van der Waals surface area contributed by atoms with E-state index >= 15 is 0 Å². The van der Waals surface area contributed by atoms with Gasteiger partial charge in [-0.1, -0.05) is 29.5 Å². The maximum atomic E-state index is 13.1. The molecule has 0 fully saturated rings. The molecule has 1 heterocycles. The van der Waals surface area contributed by atoms with Crippen molar-refractivity contribution in [1.29, 1.82) is 0 Å². The lowest BCUT2D eigenvalue weighted by molar-refractivity contribution is 0.135. The van der Waals surface area contributed by atoms with E-state index in [1.54, 1.807) is 25.5 Å². The topological polar surface area (TPSA) is 61.5 Å². The maximum absolute atomic E-state index is 13.1. The van der Waals surface area contributed by atoms with Gasteiger partial charge in [-0.3, -0.25) is 0 Å². The third-order valence-electron chi connectivity index (χ3n) is 4.06. The minimum Gasteiger partial charge on any atom is -0.496 e. The van der Waals surface area contributed by atoms with Crippen molar-refractivity contribution in [1.82, 2.24) is 14.9 Å². The molecule has 0 saturated heterocycles. The summed E-state index contributed by atoms with van der Waals surface area (Å²) in [5, 5.41) is 11.6. The molecule has 29 heavy (non-hydrogen) atoms. The minimum atomic E-state index is -2.77. The van der Waals surface area contributed by atoms with Gasteiger partial charge in [-0.15, -0.1) is 10.2 Å². The quantitative estimate of drug-likeness (QED) is 0.391. The molecule has 0 aliphatic carbocycles. The molecule has 0 saturated carbocycles. The van der Waals surface area contributed by atoms with E-state index in [0.717, 1.165) is 21.6 Å². The summed E-state index contributed by atoms with van der Waals surface area (Å²) in [6, 6.07) is 13.1. The van der Waals surface area contributed by atoms with E-state index in [4.69, 9.17) is 9.47 Å². The second kappa shape index (κ2) is 9.51. The normalized spacial score (nSPS) is 11.4. The van der Waals surface area contributed by atoms with E-state index in [9.17, 15) is 8.78 Å². The van der Waals surface area contributed by atoms with Crippen molar-refractivity contribution < 1.29 is 18.3 Å². The van der Waals surface area contributed by atoms with E-state index in [1.165, 1.54) is 18.0 Å². The molecule has 0 N–H and O–H groups in total. The van der Waals surface area contributed by atoms with Crippen LogP contribution in [0.1, 0.15) is 28.9 Å². The van der Waals surface area contributed by atoms with Crippen molar-refractivity contribution in [3.63, 3.8) is 0 Å².